The average Bonchev–Trinajstić information content (AvgIpc) is 3.39. The molecular formula is C66H42. The van der Waals surface area contributed by atoms with Crippen molar-refractivity contribution in [3.63, 3.8) is 0 Å². The lowest BCUT2D eigenvalue weighted by atomic mass is 9.86. The monoisotopic (exact) mass is 834 g/mol. The first kappa shape index (κ1) is 37.9. The topological polar surface area (TPSA) is 0 Å². The minimum atomic E-state index is 1.18. The molecule has 0 bridgehead atoms. The Kier molecular flexibility index (Phi) is 8.96. The van der Waals surface area contributed by atoms with Gasteiger partial charge in [-0.25, -0.2) is 0 Å². The third kappa shape index (κ3) is 6.30. The van der Waals surface area contributed by atoms with E-state index in [1.54, 1.807) is 0 Å². The molecule has 0 aliphatic carbocycles. The maximum Gasteiger partial charge on any atom is -0.00987 e. The Labute approximate surface area is 384 Å². The molecule has 66 heavy (non-hydrogen) atoms. The molecule has 0 amide bonds. The van der Waals surface area contributed by atoms with Crippen LogP contribution in [0.15, 0.2) is 255 Å². The highest BCUT2D eigenvalue weighted by Gasteiger charge is 2.18. The van der Waals surface area contributed by atoms with Crippen molar-refractivity contribution in [2.45, 2.75) is 0 Å². The van der Waals surface area contributed by atoms with Gasteiger partial charge in [0.05, 0.1) is 0 Å². The summed E-state index contributed by atoms with van der Waals surface area (Å²) < 4.78 is 0. The summed E-state index contributed by atoms with van der Waals surface area (Å²) in [7, 11) is 0. The minimum absolute atomic E-state index is 1.18. The quantitative estimate of drug-likeness (QED) is 0.146. The molecule has 13 rings (SSSR count). The lowest BCUT2D eigenvalue weighted by molar-refractivity contribution is 1.58. The van der Waals surface area contributed by atoms with E-state index in [1.807, 2.05) is 0 Å². The Morgan fingerprint density at radius 1 is 0.136 bits per heavy atom. The number of hydrogen-bond acceptors (Lipinski definition) is 0. The van der Waals surface area contributed by atoms with E-state index in [0.717, 1.165) is 0 Å². The molecule has 0 heterocycles. The van der Waals surface area contributed by atoms with Crippen molar-refractivity contribution >= 4 is 64.6 Å². The van der Waals surface area contributed by atoms with Gasteiger partial charge in [-0.3, -0.25) is 0 Å². The van der Waals surface area contributed by atoms with Crippen LogP contribution in [0.2, 0.25) is 0 Å². The maximum absolute atomic E-state index is 2.42. The molecule has 0 aliphatic heterocycles. The van der Waals surface area contributed by atoms with Gasteiger partial charge in [-0.15, -0.1) is 0 Å². The molecule has 0 aliphatic rings. The molecule has 0 fully saturated rings. The van der Waals surface area contributed by atoms with Crippen LogP contribution in [-0.4, -0.2) is 0 Å². The van der Waals surface area contributed by atoms with E-state index in [1.165, 1.54) is 131 Å². The number of rotatable bonds is 6. The molecule has 0 nitrogen and oxygen atoms in total. The van der Waals surface area contributed by atoms with Crippen LogP contribution in [0.4, 0.5) is 0 Å². The minimum Gasteiger partial charge on any atom is -0.0616 e. The largest absolute Gasteiger partial charge is 0.0616 e. The summed E-state index contributed by atoms with van der Waals surface area (Å²) in [4.78, 5) is 0. The van der Waals surface area contributed by atoms with Gasteiger partial charge in [0.15, 0.2) is 0 Å². The van der Waals surface area contributed by atoms with Gasteiger partial charge in [0.2, 0.25) is 0 Å². The van der Waals surface area contributed by atoms with E-state index in [0.29, 0.717) is 0 Å². The predicted molar refractivity (Wildman–Crippen MR) is 284 cm³/mol. The van der Waals surface area contributed by atoms with Crippen molar-refractivity contribution in [2.75, 3.05) is 0 Å². The van der Waals surface area contributed by atoms with Crippen LogP contribution >= 0.6 is 0 Å². The number of fused-ring (bicyclic) bond motifs is 7. The first-order chi connectivity index (χ1) is 32.7. The Morgan fingerprint density at radius 3 is 1.02 bits per heavy atom. The maximum atomic E-state index is 2.42. The normalized spacial score (nSPS) is 11.6. The Hall–Kier alpha value is -8.58. The fourth-order valence-electron chi connectivity index (χ4n) is 10.8. The summed E-state index contributed by atoms with van der Waals surface area (Å²) in [6.45, 7) is 0. The van der Waals surface area contributed by atoms with Crippen LogP contribution in [0.3, 0.4) is 0 Å². The molecule has 0 unspecified atom stereocenters. The third-order valence-electron chi connectivity index (χ3n) is 13.8. The van der Waals surface area contributed by atoms with Gasteiger partial charge in [0.25, 0.3) is 0 Å². The highest BCUT2D eigenvalue weighted by molar-refractivity contribution is 6.15. The fraction of sp³-hybridized carbons (Fsp3) is 0. The molecule has 0 heteroatoms. The highest BCUT2D eigenvalue weighted by atomic mass is 14.2. The van der Waals surface area contributed by atoms with Crippen molar-refractivity contribution in [3.05, 3.63) is 255 Å². The van der Waals surface area contributed by atoms with Gasteiger partial charge in [0, 0.05) is 0 Å². The van der Waals surface area contributed by atoms with Gasteiger partial charge in [-0.05, 0) is 162 Å². The Bertz CT molecular complexity index is 3860. The molecule has 13 aromatic carbocycles. The average molecular weight is 835 g/mol. The second kappa shape index (κ2) is 15.6. The van der Waals surface area contributed by atoms with Crippen LogP contribution in [-0.2, 0) is 0 Å². The zero-order valence-electron chi connectivity index (χ0n) is 36.2. The summed E-state index contributed by atoms with van der Waals surface area (Å²) in [6, 6.07) is 94.4. The molecule has 0 N–H and O–H groups in total. The lowest BCUT2D eigenvalue weighted by Crippen LogP contribution is -1.91. The third-order valence-corrected chi connectivity index (χ3v) is 13.8. The molecule has 0 atom stereocenters. The van der Waals surface area contributed by atoms with Gasteiger partial charge in [-0.1, -0.05) is 224 Å². The van der Waals surface area contributed by atoms with Gasteiger partial charge < -0.3 is 0 Å². The van der Waals surface area contributed by atoms with Crippen LogP contribution in [0, 0.1) is 0 Å². The van der Waals surface area contributed by atoms with E-state index >= 15 is 0 Å². The lowest BCUT2D eigenvalue weighted by Gasteiger charge is -2.18. The molecule has 0 spiro atoms. The van der Waals surface area contributed by atoms with Gasteiger partial charge >= 0.3 is 0 Å². The summed E-state index contributed by atoms with van der Waals surface area (Å²) in [6.07, 6.45) is 0. The van der Waals surface area contributed by atoms with Crippen molar-refractivity contribution < 1.29 is 0 Å². The highest BCUT2D eigenvalue weighted by Crippen LogP contribution is 2.44. The summed E-state index contributed by atoms with van der Waals surface area (Å²) in [5.74, 6) is 0. The van der Waals surface area contributed by atoms with E-state index in [9.17, 15) is 0 Å². The first-order valence-electron chi connectivity index (χ1n) is 22.9. The van der Waals surface area contributed by atoms with Crippen LogP contribution in [0.1, 0.15) is 0 Å². The van der Waals surface area contributed by atoms with Crippen LogP contribution < -0.4 is 0 Å². The fourth-order valence-corrected chi connectivity index (χ4v) is 10.8. The molecular weight excluding hydrogens is 793 g/mol. The molecule has 0 saturated heterocycles. The van der Waals surface area contributed by atoms with Gasteiger partial charge in [-0.2, -0.15) is 0 Å². The van der Waals surface area contributed by atoms with E-state index in [-0.39, 0.29) is 0 Å². The summed E-state index contributed by atoms with van der Waals surface area (Å²) >= 11 is 0. The zero-order valence-corrected chi connectivity index (χ0v) is 36.2. The molecule has 0 aromatic heterocycles. The summed E-state index contributed by atoms with van der Waals surface area (Å²) in [5.41, 5.74) is 14.6. The van der Waals surface area contributed by atoms with Crippen molar-refractivity contribution in [1.29, 1.82) is 0 Å². The number of benzene rings is 13. The van der Waals surface area contributed by atoms with E-state index < -0.39 is 0 Å². The van der Waals surface area contributed by atoms with E-state index in [2.05, 4.69) is 255 Å². The molecule has 0 saturated carbocycles. The molecule has 306 valence electrons. The molecule has 0 radical (unpaired) electrons. The van der Waals surface area contributed by atoms with Gasteiger partial charge in [0.1, 0.15) is 0 Å². The smallest absolute Gasteiger partial charge is 0.00987 e. The molecule has 13 aromatic rings. The first-order valence-corrected chi connectivity index (χ1v) is 22.9. The van der Waals surface area contributed by atoms with Crippen molar-refractivity contribution in [3.8, 4) is 66.8 Å². The SMILES string of the molecule is c1cc(-c2cc(-c3ccc(-c4cccc5ccccc45)c4ccccc34)cc(-c3ccc(-c4cccc5ccccc45)c4ccccc34)c2)cc(-c2cc3ccccc3c3ccccc23)c1. The number of hydrogen-bond donors (Lipinski definition) is 0. The zero-order chi connectivity index (χ0) is 43.6. The Balaban J connectivity index is 1.04. The summed E-state index contributed by atoms with van der Waals surface area (Å²) in [5, 5.41) is 15.0. The van der Waals surface area contributed by atoms with Crippen LogP contribution in [0.5, 0.6) is 0 Å². The predicted octanol–water partition coefficient (Wildman–Crippen LogP) is 18.6. The van der Waals surface area contributed by atoms with Crippen LogP contribution in [0.25, 0.3) is 131 Å². The van der Waals surface area contributed by atoms with Crippen molar-refractivity contribution in [2.24, 2.45) is 0 Å². The standard InChI is InChI=1S/C66H42/c1-4-23-51-43(16-1)19-14-32-59(51)64-36-34-54(57-27-7-10-29-61(57)64)49-39-48(45-21-13-22-46(38-45)66-42-47-18-3-6-25-53(47)56-26-9-12-31-63(56)66)40-50(41-49)55-35-37-65(62-30-11-8-28-58(55)62)60-33-15-20-44-17-2-5-24-52(44)60/h1-42H. The second-order valence-electron chi connectivity index (χ2n) is 17.5. The van der Waals surface area contributed by atoms with E-state index in [4.69, 9.17) is 0 Å². The Morgan fingerprint density at radius 2 is 0.470 bits per heavy atom. The van der Waals surface area contributed by atoms with Crippen molar-refractivity contribution in [1.82, 2.24) is 0 Å². The second-order valence-corrected chi connectivity index (χ2v) is 17.5.